The van der Waals surface area contributed by atoms with Crippen molar-refractivity contribution in [3.63, 3.8) is 0 Å². The highest BCUT2D eigenvalue weighted by Crippen LogP contribution is 2.32. The highest BCUT2D eigenvalue weighted by Gasteiger charge is 2.41. The maximum Gasteiger partial charge on any atom is 0.278 e. The van der Waals surface area contributed by atoms with Gasteiger partial charge in [-0.15, -0.1) is 0 Å². The minimum absolute atomic E-state index is 0.0151. The number of hydrogen-bond acceptors (Lipinski definition) is 6. The van der Waals surface area contributed by atoms with E-state index in [0.717, 1.165) is 4.90 Å². The number of halogens is 1. The summed E-state index contributed by atoms with van der Waals surface area (Å²) in [7, 11) is 3.13. The smallest absolute Gasteiger partial charge is 0.278 e. The van der Waals surface area contributed by atoms with Crippen molar-refractivity contribution < 1.29 is 27.9 Å². The summed E-state index contributed by atoms with van der Waals surface area (Å²) in [6.45, 7) is 1.54. The van der Waals surface area contributed by atoms with E-state index in [-0.39, 0.29) is 17.8 Å². The fourth-order valence-corrected chi connectivity index (χ4v) is 3.17. The highest BCUT2D eigenvalue weighted by atomic mass is 19.1. The van der Waals surface area contributed by atoms with Gasteiger partial charge in [-0.3, -0.25) is 14.5 Å². The van der Waals surface area contributed by atoms with Crippen LogP contribution in [0.3, 0.4) is 0 Å². The molecule has 154 valence electrons. The van der Waals surface area contributed by atoms with Crippen LogP contribution in [0.15, 0.2) is 52.8 Å². The van der Waals surface area contributed by atoms with E-state index in [0.29, 0.717) is 37.6 Å². The molecule has 2 amide bonds. The molecule has 8 heteroatoms. The summed E-state index contributed by atoms with van der Waals surface area (Å²) in [5, 5.41) is 0. The third-order valence-electron chi connectivity index (χ3n) is 4.62. The number of hydrogen-bond donors (Lipinski definition) is 0. The second kappa shape index (κ2) is 9.49. The number of furan rings is 1. The molecule has 1 aliphatic heterocycles. The van der Waals surface area contributed by atoms with Crippen molar-refractivity contribution in [2.45, 2.75) is 6.54 Å². The minimum Gasteiger partial charge on any atom is -0.467 e. The van der Waals surface area contributed by atoms with Crippen LogP contribution in [-0.2, 0) is 25.6 Å². The van der Waals surface area contributed by atoms with E-state index < -0.39 is 17.6 Å². The summed E-state index contributed by atoms with van der Waals surface area (Å²) in [5.41, 5.74) is 0.956. The van der Waals surface area contributed by atoms with Crippen LogP contribution in [0.25, 0.3) is 5.57 Å². The maximum atomic E-state index is 13.4. The van der Waals surface area contributed by atoms with E-state index in [1.54, 1.807) is 31.3 Å². The lowest BCUT2D eigenvalue weighted by molar-refractivity contribution is -0.138. The van der Waals surface area contributed by atoms with Gasteiger partial charge in [0.15, 0.2) is 0 Å². The number of ether oxygens (including phenoxy) is 2. The molecule has 0 atom stereocenters. The molecule has 0 saturated carbocycles. The van der Waals surface area contributed by atoms with Gasteiger partial charge in [0.1, 0.15) is 17.3 Å². The molecule has 1 aromatic carbocycles. The second-order valence-electron chi connectivity index (χ2n) is 6.48. The van der Waals surface area contributed by atoms with Crippen LogP contribution in [0.2, 0.25) is 0 Å². The predicted octanol–water partition coefficient (Wildman–Crippen LogP) is 2.29. The number of rotatable bonds is 10. The second-order valence-corrected chi connectivity index (χ2v) is 6.48. The van der Waals surface area contributed by atoms with Crippen molar-refractivity contribution in [3.8, 4) is 0 Å². The Morgan fingerprint density at radius 2 is 1.66 bits per heavy atom. The van der Waals surface area contributed by atoms with Crippen LogP contribution >= 0.6 is 0 Å². The van der Waals surface area contributed by atoms with Gasteiger partial charge in [0, 0.05) is 27.3 Å². The van der Waals surface area contributed by atoms with Crippen molar-refractivity contribution in [1.29, 1.82) is 0 Å². The van der Waals surface area contributed by atoms with E-state index in [4.69, 9.17) is 13.9 Å². The van der Waals surface area contributed by atoms with Crippen LogP contribution in [0, 0.1) is 5.82 Å². The normalized spacial score (nSPS) is 14.2. The maximum absolute atomic E-state index is 13.4. The fourth-order valence-electron chi connectivity index (χ4n) is 3.17. The fraction of sp³-hybridized carbons (Fsp3) is 0.333. The molecule has 2 heterocycles. The molecule has 0 radical (unpaired) electrons. The average Bonchev–Trinajstić information content (AvgIpc) is 3.32. The summed E-state index contributed by atoms with van der Waals surface area (Å²) >= 11 is 0. The summed E-state index contributed by atoms with van der Waals surface area (Å²) in [6.07, 6.45) is 1.49. The molecule has 1 aliphatic rings. The van der Waals surface area contributed by atoms with Gasteiger partial charge in [-0.2, -0.15) is 0 Å². The standard InChI is InChI=1S/C21H23FN2O5/c1-27-12-9-23(10-13-28-2)19-18(15-5-7-16(22)8-6-15)20(25)24(21(19)26)14-17-4-3-11-29-17/h3-8,11H,9-10,12-14H2,1-2H3. The highest BCUT2D eigenvalue weighted by molar-refractivity contribution is 6.35. The van der Waals surface area contributed by atoms with Crippen molar-refractivity contribution in [1.82, 2.24) is 9.80 Å². The molecule has 3 rings (SSSR count). The third kappa shape index (κ3) is 4.55. The first-order valence-corrected chi connectivity index (χ1v) is 9.18. The quantitative estimate of drug-likeness (QED) is 0.568. The van der Waals surface area contributed by atoms with E-state index in [1.807, 2.05) is 0 Å². The summed E-state index contributed by atoms with van der Waals surface area (Å²) in [5.74, 6) is -0.812. The molecule has 0 unspecified atom stereocenters. The number of nitrogens with zero attached hydrogens (tertiary/aromatic N) is 2. The number of benzene rings is 1. The van der Waals surface area contributed by atoms with Crippen molar-refractivity contribution in [3.05, 3.63) is 65.5 Å². The molecule has 0 bridgehead atoms. The first-order valence-electron chi connectivity index (χ1n) is 9.18. The van der Waals surface area contributed by atoms with Gasteiger partial charge >= 0.3 is 0 Å². The Bertz CT molecular complexity index is 869. The molecule has 0 spiro atoms. The summed E-state index contributed by atoms with van der Waals surface area (Å²) < 4.78 is 29.1. The average molecular weight is 402 g/mol. The first-order chi connectivity index (χ1) is 14.1. The van der Waals surface area contributed by atoms with Gasteiger partial charge in [-0.25, -0.2) is 4.39 Å². The number of amides is 2. The van der Waals surface area contributed by atoms with Gasteiger partial charge in [0.05, 0.1) is 31.6 Å². The largest absolute Gasteiger partial charge is 0.467 e. The predicted molar refractivity (Wildman–Crippen MR) is 103 cm³/mol. The Kier molecular flexibility index (Phi) is 6.79. The van der Waals surface area contributed by atoms with Crippen molar-refractivity contribution >= 4 is 17.4 Å². The van der Waals surface area contributed by atoms with Crippen LogP contribution in [0.5, 0.6) is 0 Å². The number of carbonyl (C=O) groups excluding carboxylic acids is 2. The van der Waals surface area contributed by atoms with Crippen LogP contribution in [0.1, 0.15) is 11.3 Å². The molecular weight excluding hydrogens is 379 g/mol. The van der Waals surface area contributed by atoms with E-state index in [9.17, 15) is 14.0 Å². The summed E-state index contributed by atoms with van der Waals surface area (Å²) in [4.78, 5) is 29.4. The number of methoxy groups -OCH3 is 2. The van der Waals surface area contributed by atoms with E-state index in [2.05, 4.69) is 0 Å². The third-order valence-corrected chi connectivity index (χ3v) is 4.62. The molecule has 1 aromatic heterocycles. The van der Waals surface area contributed by atoms with Gasteiger partial charge in [-0.1, -0.05) is 12.1 Å². The molecule has 0 aliphatic carbocycles. The lowest BCUT2D eigenvalue weighted by Crippen LogP contribution is -2.37. The molecule has 0 N–H and O–H groups in total. The zero-order chi connectivity index (χ0) is 20.8. The van der Waals surface area contributed by atoms with Gasteiger partial charge in [0.2, 0.25) is 0 Å². The van der Waals surface area contributed by atoms with Crippen molar-refractivity contribution in [2.75, 3.05) is 40.5 Å². The Hall–Kier alpha value is -2.97. The van der Waals surface area contributed by atoms with E-state index >= 15 is 0 Å². The van der Waals surface area contributed by atoms with Gasteiger partial charge in [0.25, 0.3) is 11.8 Å². The molecule has 2 aromatic rings. The molecule has 29 heavy (non-hydrogen) atoms. The molecule has 0 fully saturated rings. The number of carbonyl (C=O) groups is 2. The monoisotopic (exact) mass is 402 g/mol. The zero-order valence-corrected chi connectivity index (χ0v) is 16.4. The number of imide groups is 1. The Balaban J connectivity index is 2.03. The zero-order valence-electron chi connectivity index (χ0n) is 16.4. The first kappa shape index (κ1) is 20.8. The Labute approximate surface area is 168 Å². The van der Waals surface area contributed by atoms with E-state index in [1.165, 1.54) is 30.5 Å². The molecule has 7 nitrogen and oxygen atoms in total. The minimum atomic E-state index is -0.451. The lowest BCUT2D eigenvalue weighted by Gasteiger charge is -2.25. The Morgan fingerprint density at radius 3 is 2.21 bits per heavy atom. The lowest BCUT2D eigenvalue weighted by atomic mass is 10.0. The van der Waals surface area contributed by atoms with Gasteiger partial charge in [-0.05, 0) is 29.8 Å². The van der Waals surface area contributed by atoms with Crippen LogP contribution in [-0.4, -0.2) is 62.1 Å². The Morgan fingerprint density at radius 1 is 1.00 bits per heavy atom. The van der Waals surface area contributed by atoms with Crippen molar-refractivity contribution in [2.24, 2.45) is 0 Å². The summed E-state index contributed by atoms with van der Waals surface area (Å²) in [6, 6.07) is 8.92. The SMILES string of the molecule is COCCN(CCOC)C1=C(c2ccc(F)cc2)C(=O)N(Cc2ccco2)C1=O. The molecule has 0 saturated heterocycles. The molecular formula is C21H23FN2O5. The van der Waals surface area contributed by atoms with Crippen LogP contribution in [0.4, 0.5) is 4.39 Å². The topological polar surface area (TPSA) is 72.2 Å². The van der Waals surface area contributed by atoms with Crippen LogP contribution < -0.4 is 0 Å². The van der Waals surface area contributed by atoms with Gasteiger partial charge < -0.3 is 18.8 Å².